The van der Waals surface area contributed by atoms with E-state index in [1.807, 2.05) is 13.2 Å². The molecule has 3 nitrogen and oxygen atoms in total. The van der Waals surface area contributed by atoms with Crippen molar-refractivity contribution in [2.45, 2.75) is 26.2 Å². The minimum Gasteiger partial charge on any atom is -0.398 e. The molecule has 0 fully saturated rings. The number of hydrogen-bond donors (Lipinski definition) is 1. The number of aromatic nitrogens is 2. The predicted molar refractivity (Wildman–Crippen MR) is 71.7 cm³/mol. The van der Waals surface area contributed by atoms with E-state index in [0.717, 1.165) is 11.3 Å². The van der Waals surface area contributed by atoms with Crippen LogP contribution in [-0.2, 0) is 12.5 Å². The molecule has 0 aliphatic carbocycles. The molecule has 0 saturated carbocycles. The van der Waals surface area contributed by atoms with Crippen molar-refractivity contribution in [2.75, 3.05) is 5.73 Å². The highest BCUT2D eigenvalue weighted by Crippen LogP contribution is 2.34. The quantitative estimate of drug-likeness (QED) is 0.787. The van der Waals surface area contributed by atoms with E-state index in [1.54, 1.807) is 10.7 Å². The fourth-order valence-electron chi connectivity index (χ4n) is 2.00. The van der Waals surface area contributed by atoms with Crippen LogP contribution in [0.25, 0.3) is 11.1 Å². The molecule has 2 aromatic rings. The number of halogens is 1. The van der Waals surface area contributed by atoms with E-state index in [-0.39, 0.29) is 11.2 Å². The van der Waals surface area contributed by atoms with Crippen LogP contribution in [0, 0.1) is 5.82 Å². The maximum absolute atomic E-state index is 13.4. The molecule has 18 heavy (non-hydrogen) atoms. The minimum atomic E-state index is -0.289. The van der Waals surface area contributed by atoms with Crippen LogP contribution >= 0.6 is 0 Å². The Morgan fingerprint density at radius 1 is 1.22 bits per heavy atom. The van der Waals surface area contributed by atoms with Gasteiger partial charge in [-0.15, -0.1) is 0 Å². The second kappa shape index (κ2) is 4.12. The lowest BCUT2D eigenvalue weighted by Gasteiger charge is -2.18. The second-order valence-electron chi connectivity index (χ2n) is 5.55. The van der Waals surface area contributed by atoms with Crippen LogP contribution in [0.5, 0.6) is 0 Å². The van der Waals surface area contributed by atoms with Gasteiger partial charge in [0.2, 0.25) is 0 Å². The molecule has 4 heteroatoms. The van der Waals surface area contributed by atoms with E-state index in [4.69, 9.17) is 5.73 Å². The Kier molecular flexibility index (Phi) is 2.89. The van der Waals surface area contributed by atoms with E-state index in [0.29, 0.717) is 11.3 Å². The highest BCUT2D eigenvalue weighted by atomic mass is 19.1. The van der Waals surface area contributed by atoms with Crippen molar-refractivity contribution in [1.29, 1.82) is 0 Å². The molecule has 1 aromatic heterocycles. The Morgan fingerprint density at radius 2 is 1.89 bits per heavy atom. The normalized spacial score (nSPS) is 11.8. The van der Waals surface area contributed by atoms with Crippen LogP contribution in [0.4, 0.5) is 10.1 Å². The van der Waals surface area contributed by atoms with Gasteiger partial charge in [0.05, 0.1) is 5.69 Å². The van der Waals surface area contributed by atoms with E-state index < -0.39 is 0 Å². The summed E-state index contributed by atoms with van der Waals surface area (Å²) < 4.78 is 15.1. The first-order chi connectivity index (χ1) is 8.29. The van der Waals surface area contributed by atoms with Crippen LogP contribution in [0.2, 0.25) is 0 Å². The van der Waals surface area contributed by atoms with Gasteiger partial charge in [-0.1, -0.05) is 20.8 Å². The summed E-state index contributed by atoms with van der Waals surface area (Å²) >= 11 is 0. The first-order valence-electron chi connectivity index (χ1n) is 5.88. The third-order valence-electron chi connectivity index (χ3n) is 2.84. The van der Waals surface area contributed by atoms with Gasteiger partial charge < -0.3 is 5.73 Å². The number of hydrogen-bond acceptors (Lipinski definition) is 2. The van der Waals surface area contributed by atoms with Gasteiger partial charge in [-0.2, -0.15) is 5.10 Å². The third kappa shape index (κ3) is 2.23. The van der Waals surface area contributed by atoms with Gasteiger partial charge in [0.25, 0.3) is 0 Å². The molecule has 2 rings (SSSR count). The maximum atomic E-state index is 13.4. The van der Waals surface area contributed by atoms with Gasteiger partial charge in [-0.05, 0) is 18.2 Å². The van der Waals surface area contributed by atoms with Crippen LogP contribution in [-0.4, -0.2) is 9.78 Å². The molecule has 0 bridgehead atoms. The first kappa shape index (κ1) is 12.6. The summed E-state index contributed by atoms with van der Waals surface area (Å²) in [6.07, 6.45) is 1.88. The Labute approximate surface area is 106 Å². The van der Waals surface area contributed by atoms with Crippen molar-refractivity contribution in [1.82, 2.24) is 9.78 Å². The Hall–Kier alpha value is -1.84. The Morgan fingerprint density at radius 3 is 2.50 bits per heavy atom. The first-order valence-corrected chi connectivity index (χ1v) is 5.88. The van der Waals surface area contributed by atoms with Gasteiger partial charge in [0.15, 0.2) is 0 Å². The Balaban J connectivity index is 2.67. The maximum Gasteiger partial charge on any atom is 0.123 e. The molecule has 0 unspecified atom stereocenters. The highest BCUT2D eigenvalue weighted by Gasteiger charge is 2.23. The van der Waals surface area contributed by atoms with Gasteiger partial charge in [0, 0.05) is 35.5 Å². The molecule has 0 radical (unpaired) electrons. The van der Waals surface area contributed by atoms with Crippen molar-refractivity contribution in [3.8, 4) is 11.1 Å². The summed E-state index contributed by atoms with van der Waals surface area (Å²) in [5.41, 5.74) is 8.90. The standard InChI is InChI=1S/C14H18FN3/c1-14(2,3)13-11(8-18(4)17-13)10-7-9(15)5-6-12(10)16/h5-8H,16H2,1-4H3. The van der Waals surface area contributed by atoms with Crippen LogP contribution in [0.15, 0.2) is 24.4 Å². The summed E-state index contributed by atoms with van der Waals surface area (Å²) in [5, 5.41) is 4.47. The van der Waals surface area contributed by atoms with Crippen molar-refractivity contribution in [3.05, 3.63) is 35.9 Å². The number of aryl methyl sites for hydroxylation is 1. The average molecular weight is 247 g/mol. The molecule has 0 aliphatic heterocycles. The van der Waals surface area contributed by atoms with E-state index in [2.05, 4.69) is 25.9 Å². The summed E-state index contributed by atoms with van der Waals surface area (Å²) in [4.78, 5) is 0. The lowest BCUT2D eigenvalue weighted by atomic mass is 9.87. The molecule has 1 aromatic carbocycles. The monoisotopic (exact) mass is 247 g/mol. The highest BCUT2D eigenvalue weighted by molar-refractivity contribution is 5.78. The molecule has 1 heterocycles. The smallest absolute Gasteiger partial charge is 0.123 e. The number of nitrogens with zero attached hydrogens (tertiary/aromatic N) is 2. The summed E-state index contributed by atoms with van der Waals surface area (Å²) in [7, 11) is 1.86. The average Bonchev–Trinajstić information content (AvgIpc) is 2.63. The number of anilines is 1. The molecular weight excluding hydrogens is 229 g/mol. The van der Waals surface area contributed by atoms with Crippen molar-refractivity contribution >= 4 is 5.69 Å². The molecule has 0 amide bonds. The summed E-state index contributed by atoms with van der Waals surface area (Å²) in [6, 6.07) is 4.41. The van der Waals surface area contributed by atoms with Gasteiger partial charge in [-0.25, -0.2) is 4.39 Å². The van der Waals surface area contributed by atoms with E-state index in [1.165, 1.54) is 12.1 Å². The number of nitrogens with two attached hydrogens (primary N) is 1. The molecular formula is C14H18FN3. The molecule has 2 N–H and O–H groups in total. The lowest BCUT2D eigenvalue weighted by molar-refractivity contribution is 0.554. The largest absolute Gasteiger partial charge is 0.398 e. The second-order valence-corrected chi connectivity index (χ2v) is 5.55. The fraction of sp³-hybridized carbons (Fsp3) is 0.357. The molecule has 0 spiro atoms. The summed E-state index contributed by atoms with van der Waals surface area (Å²) in [5.74, 6) is -0.289. The third-order valence-corrected chi connectivity index (χ3v) is 2.84. The molecule has 96 valence electrons. The van der Waals surface area contributed by atoms with E-state index >= 15 is 0 Å². The van der Waals surface area contributed by atoms with Crippen LogP contribution in [0.1, 0.15) is 26.5 Å². The number of nitrogen functional groups attached to an aromatic ring is 1. The van der Waals surface area contributed by atoms with Crippen molar-refractivity contribution < 1.29 is 4.39 Å². The van der Waals surface area contributed by atoms with Gasteiger partial charge in [-0.3, -0.25) is 4.68 Å². The molecule has 0 atom stereocenters. The fourth-order valence-corrected chi connectivity index (χ4v) is 2.00. The lowest BCUT2D eigenvalue weighted by Crippen LogP contribution is -2.14. The van der Waals surface area contributed by atoms with Crippen LogP contribution < -0.4 is 5.73 Å². The minimum absolute atomic E-state index is 0.116. The SMILES string of the molecule is Cn1cc(-c2cc(F)ccc2N)c(C(C)(C)C)n1. The van der Waals surface area contributed by atoms with E-state index in [9.17, 15) is 4.39 Å². The zero-order valence-corrected chi connectivity index (χ0v) is 11.2. The molecule has 0 saturated heterocycles. The summed E-state index contributed by atoms with van der Waals surface area (Å²) in [6.45, 7) is 6.23. The zero-order chi connectivity index (χ0) is 13.5. The van der Waals surface area contributed by atoms with Gasteiger partial charge >= 0.3 is 0 Å². The van der Waals surface area contributed by atoms with Crippen molar-refractivity contribution in [3.63, 3.8) is 0 Å². The zero-order valence-electron chi connectivity index (χ0n) is 11.2. The Bertz CT molecular complexity index is 579. The van der Waals surface area contributed by atoms with Gasteiger partial charge in [0.1, 0.15) is 5.82 Å². The molecule has 0 aliphatic rings. The van der Waals surface area contributed by atoms with Crippen LogP contribution in [0.3, 0.4) is 0 Å². The number of rotatable bonds is 1. The van der Waals surface area contributed by atoms with Crippen molar-refractivity contribution in [2.24, 2.45) is 7.05 Å². The number of benzene rings is 1. The topological polar surface area (TPSA) is 43.8 Å². The predicted octanol–water partition coefficient (Wildman–Crippen LogP) is 3.11.